The van der Waals surface area contributed by atoms with Crippen molar-refractivity contribution in [1.82, 2.24) is 31.5 Å². The van der Waals surface area contributed by atoms with Gasteiger partial charge in [-0.2, -0.15) is 5.26 Å². The van der Waals surface area contributed by atoms with E-state index < -0.39 is 72.3 Å². The van der Waals surface area contributed by atoms with Crippen molar-refractivity contribution in [2.75, 3.05) is 53.0 Å². The van der Waals surface area contributed by atoms with Gasteiger partial charge >= 0.3 is 0 Å². The molecule has 19 nitrogen and oxygen atoms in total. The zero-order chi connectivity index (χ0) is 41.4. The molecule has 2 aromatic carbocycles. The Balaban J connectivity index is 2.26. The first kappa shape index (κ1) is 44.6. The van der Waals surface area contributed by atoms with Gasteiger partial charge in [0.2, 0.25) is 35.4 Å². The number of ether oxygens (including phenoxy) is 2. The second kappa shape index (κ2) is 21.9. The number of fused-ring (bicyclic) bond motifs is 5. The molecule has 1 aliphatic rings. The van der Waals surface area contributed by atoms with Crippen LogP contribution in [0, 0.1) is 11.3 Å². The molecule has 0 aromatic heterocycles. The summed E-state index contributed by atoms with van der Waals surface area (Å²) in [6.07, 6.45) is -0.202. The number of hydrogen-bond donors (Lipinski definition) is 9. The summed E-state index contributed by atoms with van der Waals surface area (Å²) in [6.45, 7) is 2.43. The number of carbonyl (C=O) groups excluding carboxylic acids is 6. The molecule has 4 bridgehead atoms. The molecule has 1 aliphatic heterocycles. The maximum Gasteiger partial charge on any atom is 0.248 e. The molecule has 56 heavy (non-hydrogen) atoms. The van der Waals surface area contributed by atoms with Crippen molar-refractivity contribution in [3.63, 3.8) is 0 Å². The molecule has 2 aromatic rings. The van der Waals surface area contributed by atoms with Gasteiger partial charge in [0, 0.05) is 51.2 Å². The van der Waals surface area contributed by atoms with Gasteiger partial charge in [-0.15, -0.1) is 0 Å². The molecule has 3 rings (SSSR count). The van der Waals surface area contributed by atoms with Crippen molar-refractivity contribution in [3.8, 4) is 28.7 Å². The third-order valence-corrected chi connectivity index (χ3v) is 8.74. The van der Waals surface area contributed by atoms with Gasteiger partial charge in [0.25, 0.3) is 0 Å². The van der Waals surface area contributed by atoms with E-state index in [0.717, 1.165) is 4.90 Å². The van der Waals surface area contributed by atoms with E-state index in [-0.39, 0.29) is 64.2 Å². The first-order valence-electron chi connectivity index (χ1n) is 18.1. The summed E-state index contributed by atoms with van der Waals surface area (Å²) in [5.41, 5.74) is 19.1. The summed E-state index contributed by atoms with van der Waals surface area (Å²) in [6, 6.07) is 5.49. The molecular formula is C37H52N10O9. The Hall–Kier alpha value is -5.81. The minimum Gasteiger partial charge on any atom is -0.492 e. The second-order valence-electron chi connectivity index (χ2n) is 13.0. The molecule has 0 unspecified atom stereocenters. The number of amides is 6. The molecule has 6 amide bonds. The summed E-state index contributed by atoms with van der Waals surface area (Å²) in [7, 11) is 1.35. The summed E-state index contributed by atoms with van der Waals surface area (Å²) in [4.78, 5) is 81.5. The van der Waals surface area contributed by atoms with Gasteiger partial charge in [-0.1, -0.05) is 12.1 Å². The predicted octanol–water partition coefficient (Wildman–Crippen LogP) is -2.57. The number of aliphatic hydroxyl groups is 1. The highest BCUT2D eigenvalue weighted by atomic mass is 16.5. The number of aliphatic hydroxyl groups excluding tert-OH is 1. The molecule has 1 heterocycles. The van der Waals surface area contributed by atoms with E-state index in [0.29, 0.717) is 28.2 Å². The number of benzene rings is 2. The van der Waals surface area contributed by atoms with Gasteiger partial charge in [-0.05, 0) is 61.7 Å². The van der Waals surface area contributed by atoms with Crippen LogP contribution in [0.5, 0.6) is 11.5 Å². The fourth-order valence-corrected chi connectivity index (χ4v) is 6.05. The molecule has 304 valence electrons. The average Bonchev–Trinajstić information content (AvgIpc) is 3.17. The van der Waals surface area contributed by atoms with E-state index in [9.17, 15) is 33.9 Å². The molecule has 0 aliphatic carbocycles. The lowest BCUT2D eigenvalue weighted by atomic mass is 9.93. The van der Waals surface area contributed by atoms with Crippen LogP contribution in [0.25, 0.3) is 11.1 Å². The minimum atomic E-state index is -1.44. The standard InChI is InChI=1S/C37H52N10O9/c1-21-33(50)46-29(34(51)42-14-11-39)19-23-4-6-30(55-16-12-40)25(18-23)26-20-24(5-7-31(26)56-17-13-41)32(36(53)43-21)47(3)37(54)28(8-10-38)45-35(52)27(9-15-48)44-22(2)49/h4-7,18,20-21,27-29,32,48H,8-10,12-17,19,38,40-41H2,1-3H3,(H,42,51)(H,43,53)(H,44,49)(H,45,52)(H,46,50)/t21-,27+,28-,29-,32-/m0/s1. The predicted molar refractivity (Wildman–Crippen MR) is 203 cm³/mol. The molecule has 12 N–H and O–H groups in total. The van der Waals surface area contributed by atoms with Crippen LogP contribution in [0.2, 0.25) is 0 Å². The van der Waals surface area contributed by atoms with Crippen LogP contribution >= 0.6 is 0 Å². The summed E-state index contributed by atoms with van der Waals surface area (Å²) < 4.78 is 12.0. The largest absolute Gasteiger partial charge is 0.492 e. The third kappa shape index (κ3) is 12.1. The number of nitriles is 1. The zero-order valence-electron chi connectivity index (χ0n) is 31.8. The van der Waals surface area contributed by atoms with E-state index in [2.05, 4.69) is 26.6 Å². The van der Waals surface area contributed by atoms with E-state index >= 15 is 0 Å². The molecule has 0 fully saturated rings. The van der Waals surface area contributed by atoms with Gasteiger partial charge in [0.05, 0.1) is 6.07 Å². The Labute approximate surface area is 325 Å². The van der Waals surface area contributed by atoms with Crippen LogP contribution in [-0.4, -0.2) is 123 Å². The SMILES string of the molecule is CC(=O)N[C@H](CCO)C(=O)N[C@@H](CCN)C(=O)N(C)[C@@H]1C(=O)N[C@@H](C)C(=O)N[C@H](C(=O)NCC#N)Cc2ccc(OCCN)c(c2)-c2cc1ccc2OCCN. The molecule has 0 radical (unpaired) electrons. The van der Waals surface area contributed by atoms with Crippen molar-refractivity contribution in [2.45, 2.75) is 63.3 Å². The molecule has 19 heteroatoms. The quantitative estimate of drug-likeness (QED) is 0.0747. The van der Waals surface area contributed by atoms with E-state index in [4.69, 9.17) is 31.9 Å². The molecule has 5 atom stereocenters. The van der Waals surface area contributed by atoms with Crippen LogP contribution < -0.4 is 53.3 Å². The van der Waals surface area contributed by atoms with Gasteiger partial charge in [-0.3, -0.25) is 28.8 Å². The number of likely N-dealkylation sites (N-methyl/N-ethyl adjacent to an activating group) is 1. The lowest BCUT2D eigenvalue weighted by Crippen LogP contribution is -2.57. The Morgan fingerprint density at radius 2 is 1.57 bits per heavy atom. The normalized spacial score (nSPS) is 17.7. The van der Waals surface area contributed by atoms with Crippen LogP contribution in [0.1, 0.15) is 43.9 Å². The zero-order valence-corrected chi connectivity index (χ0v) is 31.8. The Kier molecular flexibility index (Phi) is 17.5. The summed E-state index contributed by atoms with van der Waals surface area (Å²) in [5.74, 6) is -3.46. The lowest BCUT2D eigenvalue weighted by Gasteiger charge is -2.33. The van der Waals surface area contributed by atoms with E-state index in [1.165, 1.54) is 20.9 Å². The van der Waals surface area contributed by atoms with Gasteiger partial charge in [0.15, 0.2) is 0 Å². The van der Waals surface area contributed by atoms with Crippen LogP contribution in [0.15, 0.2) is 36.4 Å². The monoisotopic (exact) mass is 780 g/mol. The van der Waals surface area contributed by atoms with Crippen LogP contribution in [-0.2, 0) is 35.2 Å². The highest BCUT2D eigenvalue weighted by Gasteiger charge is 2.36. The van der Waals surface area contributed by atoms with Gasteiger partial charge < -0.3 is 63.3 Å². The number of carbonyl (C=O) groups is 6. The van der Waals surface area contributed by atoms with E-state index in [1.54, 1.807) is 36.4 Å². The third-order valence-electron chi connectivity index (χ3n) is 8.74. The van der Waals surface area contributed by atoms with Crippen molar-refractivity contribution in [2.24, 2.45) is 17.2 Å². The van der Waals surface area contributed by atoms with Crippen molar-refractivity contribution >= 4 is 35.4 Å². The topological polar surface area (TPSA) is 306 Å². The van der Waals surface area contributed by atoms with Gasteiger partial charge in [0.1, 0.15) is 61.5 Å². The fourth-order valence-electron chi connectivity index (χ4n) is 6.05. The number of rotatable bonds is 17. The van der Waals surface area contributed by atoms with Crippen LogP contribution in [0.4, 0.5) is 0 Å². The summed E-state index contributed by atoms with van der Waals surface area (Å²) >= 11 is 0. The molecule has 0 saturated heterocycles. The van der Waals surface area contributed by atoms with E-state index in [1.807, 2.05) is 6.07 Å². The van der Waals surface area contributed by atoms with Crippen LogP contribution in [0.3, 0.4) is 0 Å². The second-order valence-corrected chi connectivity index (χ2v) is 13.0. The first-order valence-corrected chi connectivity index (χ1v) is 18.1. The average molecular weight is 781 g/mol. The highest BCUT2D eigenvalue weighted by Crippen LogP contribution is 2.40. The smallest absolute Gasteiger partial charge is 0.248 e. The minimum absolute atomic E-state index is 0.0122. The first-order chi connectivity index (χ1) is 26.8. The number of hydrogen-bond acceptors (Lipinski definition) is 13. The van der Waals surface area contributed by atoms with Gasteiger partial charge in [-0.25, -0.2) is 0 Å². The Morgan fingerprint density at radius 1 is 0.929 bits per heavy atom. The van der Waals surface area contributed by atoms with Crippen molar-refractivity contribution in [3.05, 3.63) is 47.5 Å². The molecular weight excluding hydrogens is 728 g/mol. The molecule has 0 spiro atoms. The van der Waals surface area contributed by atoms with Crippen molar-refractivity contribution in [1.29, 1.82) is 5.26 Å². The fraction of sp³-hybridized carbons (Fsp3) is 0.486. The number of nitrogens with zero attached hydrogens (tertiary/aromatic N) is 2. The Bertz CT molecular complexity index is 1770. The lowest BCUT2D eigenvalue weighted by molar-refractivity contribution is -0.143. The maximum absolute atomic E-state index is 14.3. The number of nitrogens with one attached hydrogen (secondary N) is 5. The maximum atomic E-state index is 14.3. The molecule has 0 saturated carbocycles. The Morgan fingerprint density at radius 3 is 2.16 bits per heavy atom. The van der Waals surface area contributed by atoms with Crippen molar-refractivity contribution < 1.29 is 43.3 Å². The highest BCUT2D eigenvalue weighted by molar-refractivity contribution is 5.97. The summed E-state index contributed by atoms with van der Waals surface area (Å²) in [5, 5.41) is 31.4. The number of nitrogens with two attached hydrogens (primary N) is 3.